The Kier molecular flexibility index (Phi) is 5.89. The molecule has 1 saturated heterocycles. The van der Waals surface area contributed by atoms with Crippen LogP contribution >= 0.6 is 0 Å². The van der Waals surface area contributed by atoms with E-state index >= 15 is 0 Å². The second-order valence-corrected chi connectivity index (χ2v) is 7.06. The van der Waals surface area contributed by atoms with Gasteiger partial charge in [-0.3, -0.25) is 14.7 Å². The Morgan fingerprint density at radius 3 is 2.77 bits per heavy atom. The molecule has 1 aromatic heterocycles. The van der Waals surface area contributed by atoms with Crippen molar-refractivity contribution in [2.45, 2.75) is 18.9 Å². The number of esters is 1. The first-order valence-corrected chi connectivity index (χ1v) is 9.80. The molecule has 0 bridgehead atoms. The molecule has 2 aliphatic heterocycles. The summed E-state index contributed by atoms with van der Waals surface area (Å²) in [6.45, 7) is 1.42. The van der Waals surface area contributed by atoms with Crippen LogP contribution in [0, 0.1) is 0 Å². The minimum atomic E-state index is -0.378. The van der Waals surface area contributed by atoms with E-state index in [2.05, 4.69) is 10.2 Å². The number of carbonyl (C=O) groups excluding carboxylic acids is 2. The Morgan fingerprint density at radius 1 is 1.17 bits per heavy atom. The number of piperidine rings is 1. The Balaban J connectivity index is 1.43. The highest BCUT2D eigenvalue weighted by Crippen LogP contribution is 2.21. The van der Waals surface area contributed by atoms with Crippen molar-refractivity contribution >= 4 is 11.9 Å². The van der Waals surface area contributed by atoms with Gasteiger partial charge < -0.3 is 9.64 Å². The highest BCUT2D eigenvalue weighted by molar-refractivity contribution is 5.97. The molecule has 30 heavy (non-hydrogen) atoms. The van der Waals surface area contributed by atoms with Crippen LogP contribution in [0.25, 0.3) is 5.69 Å². The number of hydrogen-bond acceptors (Lipinski definition) is 7. The number of methoxy groups -OCH3 is 1. The van der Waals surface area contributed by atoms with Crippen LogP contribution in [0.1, 0.15) is 23.2 Å². The summed E-state index contributed by atoms with van der Waals surface area (Å²) < 4.78 is 4.78. The van der Waals surface area contributed by atoms with E-state index in [1.54, 1.807) is 46.8 Å². The minimum absolute atomic E-state index is 0.0828. The molecule has 0 spiro atoms. The molecule has 156 valence electrons. The van der Waals surface area contributed by atoms with Crippen molar-refractivity contribution in [1.29, 1.82) is 0 Å². The van der Waals surface area contributed by atoms with Crippen molar-refractivity contribution in [3.63, 3.8) is 0 Å². The lowest BCUT2D eigenvalue weighted by atomic mass is 10.1. The van der Waals surface area contributed by atoms with Gasteiger partial charge in [0.05, 0.1) is 42.9 Å². The molecule has 1 atom stereocenters. The largest absolute Gasteiger partial charge is 0.466 e. The minimum Gasteiger partial charge on any atom is -0.466 e. The van der Waals surface area contributed by atoms with Gasteiger partial charge in [-0.1, -0.05) is 12.1 Å². The van der Waals surface area contributed by atoms with Crippen LogP contribution in [-0.4, -0.2) is 69.7 Å². The topological polar surface area (TPSA) is 89.8 Å². The number of likely N-dealkylation sites (tertiary alicyclic amines) is 1. The van der Waals surface area contributed by atoms with Crippen LogP contribution in [-0.2, 0) is 14.4 Å². The molecule has 0 radical (unpaired) electrons. The van der Waals surface area contributed by atoms with Crippen molar-refractivity contribution in [2.24, 2.45) is 0 Å². The van der Waals surface area contributed by atoms with Crippen LogP contribution in [0.15, 0.2) is 60.6 Å². The Bertz CT molecular complexity index is 970. The summed E-state index contributed by atoms with van der Waals surface area (Å²) in [4.78, 5) is 34.3. The molecule has 2 aromatic rings. The zero-order valence-electron chi connectivity index (χ0n) is 16.7. The second kappa shape index (κ2) is 8.91. The standard InChI is InChI=1S/C21H23N5O4/c1-29-21(28)16-6-4-13-25(14-16)30-17-7-5-12-24(15-17)20(27)18-8-2-3-9-19(18)26-22-10-11-23-26/h2-4,6,8-11,13,17H,5,7,12,14-15H2,1H3. The molecule has 3 heterocycles. The maximum Gasteiger partial charge on any atom is 0.335 e. The number of hydroxylamine groups is 2. The lowest BCUT2D eigenvalue weighted by molar-refractivity contribution is -0.174. The fourth-order valence-electron chi connectivity index (χ4n) is 3.60. The van der Waals surface area contributed by atoms with Gasteiger partial charge in [-0.25, -0.2) is 4.79 Å². The monoisotopic (exact) mass is 409 g/mol. The highest BCUT2D eigenvalue weighted by Gasteiger charge is 2.29. The van der Waals surface area contributed by atoms with E-state index < -0.39 is 0 Å². The zero-order valence-corrected chi connectivity index (χ0v) is 16.7. The van der Waals surface area contributed by atoms with Crippen molar-refractivity contribution in [1.82, 2.24) is 25.0 Å². The Hall–Kier alpha value is -3.46. The van der Waals surface area contributed by atoms with Gasteiger partial charge in [0.1, 0.15) is 6.10 Å². The van der Waals surface area contributed by atoms with E-state index in [-0.39, 0.29) is 18.0 Å². The van der Waals surface area contributed by atoms with E-state index in [0.717, 1.165) is 12.8 Å². The van der Waals surface area contributed by atoms with Crippen molar-refractivity contribution in [3.05, 3.63) is 66.1 Å². The first-order valence-electron chi connectivity index (χ1n) is 9.80. The first-order chi connectivity index (χ1) is 14.7. The zero-order chi connectivity index (χ0) is 20.9. The molecule has 1 unspecified atom stereocenters. The molecular weight excluding hydrogens is 386 g/mol. The number of para-hydroxylation sites is 1. The van der Waals surface area contributed by atoms with Crippen LogP contribution in [0.5, 0.6) is 0 Å². The van der Waals surface area contributed by atoms with E-state index in [1.807, 2.05) is 18.2 Å². The summed E-state index contributed by atoms with van der Waals surface area (Å²) in [5, 5.41) is 9.91. The number of benzene rings is 1. The number of aromatic nitrogens is 3. The van der Waals surface area contributed by atoms with Gasteiger partial charge in [0.2, 0.25) is 0 Å². The van der Waals surface area contributed by atoms with Crippen molar-refractivity contribution in [3.8, 4) is 5.69 Å². The molecule has 1 fully saturated rings. The van der Waals surface area contributed by atoms with Crippen LogP contribution in [0.2, 0.25) is 0 Å². The molecular formula is C21H23N5O4. The quantitative estimate of drug-likeness (QED) is 0.695. The van der Waals surface area contributed by atoms with Gasteiger partial charge in [-0.15, -0.1) is 0 Å². The molecule has 9 heteroatoms. The average Bonchev–Trinajstić information content (AvgIpc) is 3.33. The first kappa shape index (κ1) is 19.8. The summed E-state index contributed by atoms with van der Waals surface area (Å²) in [7, 11) is 1.36. The summed E-state index contributed by atoms with van der Waals surface area (Å²) in [6.07, 6.45) is 9.87. The number of ether oxygens (including phenoxy) is 1. The molecule has 0 N–H and O–H groups in total. The van der Waals surface area contributed by atoms with Gasteiger partial charge in [-0.2, -0.15) is 15.0 Å². The maximum atomic E-state index is 13.2. The highest BCUT2D eigenvalue weighted by atomic mass is 16.7. The molecule has 2 aliphatic rings. The van der Waals surface area contributed by atoms with Crippen LogP contribution < -0.4 is 0 Å². The number of carbonyl (C=O) groups is 2. The summed E-state index contributed by atoms with van der Waals surface area (Å²) in [5.74, 6) is -0.460. The van der Waals surface area contributed by atoms with E-state index in [4.69, 9.17) is 9.57 Å². The summed E-state index contributed by atoms with van der Waals surface area (Å²) >= 11 is 0. The number of nitrogens with zero attached hydrogens (tertiary/aromatic N) is 5. The predicted octanol–water partition coefficient (Wildman–Crippen LogP) is 1.73. The molecule has 0 saturated carbocycles. The van der Waals surface area contributed by atoms with Crippen LogP contribution in [0.3, 0.4) is 0 Å². The lowest BCUT2D eigenvalue weighted by Crippen LogP contribution is -2.45. The number of allylic oxidation sites excluding steroid dienone is 2. The number of amides is 1. The average molecular weight is 409 g/mol. The third-order valence-electron chi connectivity index (χ3n) is 5.04. The van der Waals surface area contributed by atoms with Crippen molar-refractivity contribution < 1.29 is 19.2 Å². The predicted molar refractivity (Wildman–Crippen MR) is 107 cm³/mol. The number of hydrogen-bond donors (Lipinski definition) is 0. The van der Waals surface area contributed by atoms with Gasteiger partial charge >= 0.3 is 5.97 Å². The molecule has 1 amide bonds. The molecule has 1 aromatic carbocycles. The third kappa shape index (κ3) is 4.25. The molecule has 0 aliphatic carbocycles. The van der Waals surface area contributed by atoms with Gasteiger partial charge in [-0.05, 0) is 37.1 Å². The second-order valence-electron chi connectivity index (χ2n) is 7.06. The van der Waals surface area contributed by atoms with Crippen molar-refractivity contribution in [2.75, 3.05) is 26.7 Å². The van der Waals surface area contributed by atoms with Gasteiger partial charge in [0, 0.05) is 19.3 Å². The SMILES string of the molecule is COC(=O)C1=CC=CN(OC2CCCN(C(=O)c3ccccc3-n3nccn3)C2)C1. The van der Waals surface area contributed by atoms with Gasteiger partial charge in [0.15, 0.2) is 0 Å². The smallest absolute Gasteiger partial charge is 0.335 e. The van der Waals surface area contributed by atoms with Gasteiger partial charge in [0.25, 0.3) is 5.91 Å². The summed E-state index contributed by atoms with van der Waals surface area (Å²) in [5.41, 5.74) is 1.70. The number of rotatable bonds is 5. The fourth-order valence-corrected chi connectivity index (χ4v) is 3.60. The van der Waals surface area contributed by atoms with E-state index in [0.29, 0.717) is 36.5 Å². The fraction of sp³-hybridized carbons (Fsp3) is 0.333. The molecule has 9 nitrogen and oxygen atoms in total. The van der Waals surface area contributed by atoms with Crippen LogP contribution in [0.4, 0.5) is 0 Å². The van der Waals surface area contributed by atoms with E-state index in [1.165, 1.54) is 11.9 Å². The lowest BCUT2D eigenvalue weighted by Gasteiger charge is -2.35. The Morgan fingerprint density at radius 2 is 1.97 bits per heavy atom. The normalized spacial score (nSPS) is 18.8. The third-order valence-corrected chi connectivity index (χ3v) is 5.04. The summed E-state index contributed by atoms with van der Waals surface area (Å²) in [6, 6.07) is 7.29. The Labute approximate surface area is 174 Å². The molecule has 4 rings (SSSR count). The maximum absolute atomic E-state index is 13.2. The van der Waals surface area contributed by atoms with E-state index in [9.17, 15) is 9.59 Å².